The number of pyridine rings is 1. The number of aromatic nitrogens is 1. The second-order valence-electron chi connectivity index (χ2n) is 4.49. The third kappa shape index (κ3) is 1.19. The van der Waals surface area contributed by atoms with Crippen molar-refractivity contribution in [2.75, 3.05) is 0 Å². The summed E-state index contributed by atoms with van der Waals surface area (Å²) in [6, 6.07) is 21.0. The van der Waals surface area contributed by atoms with Gasteiger partial charge >= 0.3 is 0 Å². The lowest BCUT2D eigenvalue weighted by molar-refractivity contribution is 1.32. The van der Waals surface area contributed by atoms with Gasteiger partial charge in [0.15, 0.2) is 0 Å². The van der Waals surface area contributed by atoms with Gasteiger partial charge in [0, 0.05) is 11.8 Å². The quantitative estimate of drug-likeness (QED) is 0.471. The molecule has 2 aromatic carbocycles. The van der Waals surface area contributed by atoms with E-state index >= 15 is 0 Å². The van der Waals surface area contributed by atoms with Crippen LogP contribution in [0.25, 0.3) is 33.5 Å². The summed E-state index contributed by atoms with van der Waals surface area (Å²) in [6.07, 6.45) is 1.85. The fourth-order valence-corrected chi connectivity index (χ4v) is 2.68. The van der Waals surface area contributed by atoms with Crippen molar-refractivity contribution in [2.45, 2.75) is 0 Å². The van der Waals surface area contributed by atoms with Gasteiger partial charge in [-0.2, -0.15) is 0 Å². The molecule has 0 unspecified atom stereocenters. The fraction of sp³-hybridized carbons (Fsp3) is 0. The predicted molar refractivity (Wildman–Crippen MR) is 74.1 cm³/mol. The first-order chi connectivity index (χ1) is 8.95. The van der Waals surface area contributed by atoms with Gasteiger partial charge in [-0.05, 0) is 34.4 Å². The topological polar surface area (TPSA) is 12.9 Å². The largest absolute Gasteiger partial charge is 0.256 e. The van der Waals surface area contributed by atoms with E-state index < -0.39 is 0 Å². The van der Waals surface area contributed by atoms with Crippen LogP contribution < -0.4 is 0 Å². The van der Waals surface area contributed by atoms with E-state index in [0.717, 1.165) is 5.69 Å². The molecule has 0 N–H and O–H groups in total. The molecule has 1 nitrogen and oxygen atoms in total. The number of nitrogens with zero attached hydrogens (tertiary/aromatic N) is 1. The van der Waals surface area contributed by atoms with E-state index in [4.69, 9.17) is 0 Å². The molecule has 0 spiro atoms. The van der Waals surface area contributed by atoms with Gasteiger partial charge in [-0.1, -0.05) is 48.5 Å². The zero-order chi connectivity index (χ0) is 11.9. The predicted octanol–water partition coefficient (Wildman–Crippen LogP) is 4.40. The lowest BCUT2D eigenvalue weighted by Crippen LogP contribution is -2.00. The van der Waals surface area contributed by atoms with Gasteiger partial charge < -0.3 is 0 Å². The van der Waals surface area contributed by atoms with E-state index in [1.807, 2.05) is 18.3 Å². The average Bonchev–Trinajstić information content (AvgIpc) is 2.45. The first kappa shape index (κ1) is 9.60. The van der Waals surface area contributed by atoms with E-state index in [9.17, 15) is 0 Å². The van der Waals surface area contributed by atoms with Crippen molar-refractivity contribution in [2.24, 2.45) is 0 Å². The Bertz CT molecular complexity index is 714. The zero-order valence-electron chi connectivity index (χ0n) is 9.80. The third-order valence-electron chi connectivity index (χ3n) is 3.49. The normalized spacial score (nSPS) is 11.3. The molecule has 84 valence electrons. The highest BCUT2D eigenvalue weighted by Crippen LogP contribution is 2.50. The smallest absolute Gasteiger partial charge is 0.0708 e. The van der Waals surface area contributed by atoms with Crippen LogP contribution in [-0.4, -0.2) is 4.98 Å². The number of fused-ring (bicyclic) bond motifs is 4. The van der Waals surface area contributed by atoms with E-state index in [-0.39, 0.29) is 0 Å². The number of rotatable bonds is 1. The number of benzene rings is 2. The summed E-state index contributed by atoms with van der Waals surface area (Å²) in [4.78, 5) is 4.46. The average molecular weight is 229 g/mol. The molecule has 4 rings (SSSR count). The molecule has 18 heavy (non-hydrogen) atoms. The molecule has 0 saturated carbocycles. The molecule has 0 amide bonds. The number of hydrogen-bond donors (Lipinski definition) is 0. The minimum atomic E-state index is 1.05. The molecular weight excluding hydrogens is 218 g/mol. The van der Waals surface area contributed by atoms with Crippen LogP contribution >= 0.6 is 0 Å². The second kappa shape index (κ2) is 3.54. The molecule has 1 heteroatoms. The summed E-state index contributed by atoms with van der Waals surface area (Å²) >= 11 is 0. The molecule has 0 atom stereocenters. The Morgan fingerprint density at radius 3 is 2.11 bits per heavy atom. The highest BCUT2D eigenvalue weighted by molar-refractivity contribution is 6.08. The molecule has 0 saturated heterocycles. The van der Waals surface area contributed by atoms with Gasteiger partial charge in [-0.3, -0.25) is 4.98 Å². The summed E-state index contributed by atoms with van der Waals surface area (Å²) in [6.45, 7) is 0. The monoisotopic (exact) mass is 229 g/mol. The van der Waals surface area contributed by atoms with Gasteiger partial charge in [-0.25, -0.2) is 0 Å². The van der Waals surface area contributed by atoms with Crippen LogP contribution in [-0.2, 0) is 0 Å². The van der Waals surface area contributed by atoms with E-state index in [0.29, 0.717) is 0 Å². The molecular formula is C17H11N. The van der Waals surface area contributed by atoms with E-state index in [1.54, 1.807) is 0 Å². The first-order valence-electron chi connectivity index (χ1n) is 6.09. The molecule has 0 aliphatic heterocycles. The molecule has 1 aromatic heterocycles. The maximum atomic E-state index is 4.46. The molecule has 1 heterocycles. The first-order valence-corrected chi connectivity index (χ1v) is 6.09. The van der Waals surface area contributed by atoms with Gasteiger partial charge in [0.1, 0.15) is 0 Å². The molecule has 0 radical (unpaired) electrons. The fourth-order valence-electron chi connectivity index (χ4n) is 2.68. The van der Waals surface area contributed by atoms with Crippen molar-refractivity contribution >= 4 is 0 Å². The maximum Gasteiger partial charge on any atom is 0.0708 e. The van der Waals surface area contributed by atoms with Crippen LogP contribution in [0.3, 0.4) is 0 Å². The molecule has 0 fully saturated rings. The van der Waals surface area contributed by atoms with Gasteiger partial charge in [0.25, 0.3) is 0 Å². The second-order valence-corrected chi connectivity index (χ2v) is 4.49. The standard InChI is InChI=1S/C17H11N/c1-2-7-13-12(6-1)14-8-5-9-15(17(13)14)16-10-3-4-11-18-16/h1-11H. The van der Waals surface area contributed by atoms with Crippen molar-refractivity contribution < 1.29 is 0 Å². The maximum absolute atomic E-state index is 4.46. The van der Waals surface area contributed by atoms with Crippen LogP contribution in [0.2, 0.25) is 0 Å². The van der Waals surface area contributed by atoms with Gasteiger partial charge in [-0.15, -0.1) is 0 Å². The van der Waals surface area contributed by atoms with E-state index in [1.165, 1.54) is 27.8 Å². The summed E-state index contributed by atoms with van der Waals surface area (Å²) in [5.74, 6) is 0. The molecule has 0 bridgehead atoms. The molecule has 1 aliphatic rings. The lowest BCUT2D eigenvalue weighted by atomic mass is 9.77. The summed E-state index contributed by atoms with van der Waals surface area (Å²) in [5, 5.41) is 0. The Labute approximate surface area is 106 Å². The van der Waals surface area contributed by atoms with Crippen LogP contribution in [0, 0.1) is 0 Å². The van der Waals surface area contributed by atoms with Gasteiger partial charge in [0.05, 0.1) is 5.69 Å². The van der Waals surface area contributed by atoms with Crippen LogP contribution in [0.4, 0.5) is 0 Å². The Hall–Kier alpha value is -2.41. The van der Waals surface area contributed by atoms with Crippen LogP contribution in [0.5, 0.6) is 0 Å². The summed E-state index contributed by atoms with van der Waals surface area (Å²) < 4.78 is 0. The summed E-state index contributed by atoms with van der Waals surface area (Å²) in [7, 11) is 0. The number of hydrogen-bond acceptors (Lipinski definition) is 1. The van der Waals surface area contributed by atoms with Crippen molar-refractivity contribution in [1.82, 2.24) is 4.98 Å². The van der Waals surface area contributed by atoms with E-state index in [2.05, 4.69) is 53.5 Å². The Kier molecular flexibility index (Phi) is 1.89. The van der Waals surface area contributed by atoms with Crippen molar-refractivity contribution in [3.63, 3.8) is 0 Å². The lowest BCUT2D eigenvalue weighted by Gasteiger charge is -2.26. The highest BCUT2D eigenvalue weighted by atomic mass is 14.7. The van der Waals surface area contributed by atoms with Crippen molar-refractivity contribution in [3.8, 4) is 33.5 Å². The van der Waals surface area contributed by atoms with Crippen LogP contribution in [0.1, 0.15) is 0 Å². The van der Waals surface area contributed by atoms with Gasteiger partial charge in [0.2, 0.25) is 0 Å². The minimum absolute atomic E-state index is 1.05. The van der Waals surface area contributed by atoms with Crippen molar-refractivity contribution in [3.05, 3.63) is 66.9 Å². The van der Waals surface area contributed by atoms with Crippen molar-refractivity contribution in [1.29, 1.82) is 0 Å². The SMILES string of the molecule is c1ccc(-c2cccc3c2-c2ccccc2-3)nc1. The Balaban J connectivity index is 1.98. The highest BCUT2D eigenvalue weighted by Gasteiger charge is 2.24. The zero-order valence-corrected chi connectivity index (χ0v) is 9.80. The summed E-state index contributed by atoms with van der Waals surface area (Å²) in [5.41, 5.74) is 7.65. The molecule has 1 aliphatic carbocycles. The Morgan fingerprint density at radius 2 is 1.28 bits per heavy atom. The molecule has 3 aromatic rings. The minimum Gasteiger partial charge on any atom is -0.256 e. The Morgan fingerprint density at radius 1 is 0.556 bits per heavy atom. The third-order valence-corrected chi connectivity index (χ3v) is 3.49. The van der Waals surface area contributed by atoms with Crippen LogP contribution in [0.15, 0.2) is 66.9 Å².